The number of nitrogens with one attached hydrogen (secondary N) is 2. The molecule has 0 radical (unpaired) electrons. The first-order valence-corrected chi connectivity index (χ1v) is 4.08. The lowest BCUT2D eigenvalue weighted by molar-refractivity contribution is -0.0915. The Hall–Kier alpha value is -0.280. The van der Waals surface area contributed by atoms with Crippen LogP contribution in [0.2, 0.25) is 0 Å². The van der Waals surface area contributed by atoms with Crippen molar-refractivity contribution >= 4 is 0 Å². The van der Waals surface area contributed by atoms with Crippen LogP contribution in [0.4, 0.5) is 0 Å². The van der Waals surface area contributed by atoms with Crippen molar-refractivity contribution < 1.29 is 15.3 Å². The second-order valence-corrected chi connectivity index (χ2v) is 3.25. The monoisotopic (exact) mass is 192 g/mol. The third kappa shape index (κ3) is 1.97. The van der Waals surface area contributed by atoms with Crippen molar-refractivity contribution in [3.05, 3.63) is 0 Å². The molecule has 5 atom stereocenters. The Kier molecular flexibility index (Phi) is 3.56. The summed E-state index contributed by atoms with van der Waals surface area (Å²) in [5.74, 6) is 10.2. The number of hydrazine groups is 2. The van der Waals surface area contributed by atoms with Gasteiger partial charge in [-0.3, -0.25) is 22.5 Å². The number of aliphatic hydroxyl groups excluding tert-OH is 3. The summed E-state index contributed by atoms with van der Waals surface area (Å²) >= 11 is 0. The summed E-state index contributed by atoms with van der Waals surface area (Å²) in [4.78, 5) is 0. The van der Waals surface area contributed by atoms with E-state index in [4.69, 9.17) is 11.7 Å². The molecule has 0 spiro atoms. The van der Waals surface area contributed by atoms with Crippen LogP contribution < -0.4 is 22.5 Å². The molecule has 0 saturated heterocycles. The van der Waals surface area contributed by atoms with E-state index in [2.05, 4.69) is 10.9 Å². The maximum Gasteiger partial charge on any atom is 0.101 e. The minimum Gasteiger partial charge on any atom is -0.391 e. The van der Waals surface area contributed by atoms with Crippen molar-refractivity contribution in [2.75, 3.05) is 0 Å². The van der Waals surface area contributed by atoms with E-state index in [9.17, 15) is 15.3 Å². The van der Waals surface area contributed by atoms with Gasteiger partial charge in [-0.1, -0.05) is 0 Å². The van der Waals surface area contributed by atoms with Crippen molar-refractivity contribution in [1.82, 2.24) is 10.9 Å². The van der Waals surface area contributed by atoms with Crippen LogP contribution in [0.5, 0.6) is 0 Å². The minimum atomic E-state index is -1.13. The lowest BCUT2D eigenvalue weighted by atomic mass is 9.84. The quantitative estimate of drug-likeness (QED) is 0.176. The van der Waals surface area contributed by atoms with Gasteiger partial charge >= 0.3 is 0 Å². The van der Waals surface area contributed by atoms with Gasteiger partial charge in [0.1, 0.15) is 6.10 Å². The van der Waals surface area contributed by atoms with Crippen LogP contribution >= 0.6 is 0 Å². The second-order valence-electron chi connectivity index (χ2n) is 3.25. The van der Waals surface area contributed by atoms with E-state index in [-0.39, 0.29) is 6.42 Å². The van der Waals surface area contributed by atoms with E-state index < -0.39 is 30.4 Å². The summed E-state index contributed by atoms with van der Waals surface area (Å²) in [5, 5.41) is 28.4. The predicted octanol–water partition coefficient (Wildman–Crippen LogP) is -3.86. The van der Waals surface area contributed by atoms with Crippen molar-refractivity contribution in [1.29, 1.82) is 0 Å². The van der Waals surface area contributed by atoms with Crippen LogP contribution in [0.3, 0.4) is 0 Å². The van der Waals surface area contributed by atoms with Crippen molar-refractivity contribution in [3.63, 3.8) is 0 Å². The molecule has 78 valence electrons. The first kappa shape index (κ1) is 10.8. The molecule has 1 aliphatic carbocycles. The van der Waals surface area contributed by atoms with Crippen LogP contribution in [-0.4, -0.2) is 45.7 Å². The molecule has 9 N–H and O–H groups in total. The van der Waals surface area contributed by atoms with Gasteiger partial charge in [0.25, 0.3) is 0 Å². The van der Waals surface area contributed by atoms with E-state index >= 15 is 0 Å². The molecule has 1 aliphatic rings. The van der Waals surface area contributed by atoms with Crippen molar-refractivity contribution in [2.24, 2.45) is 11.7 Å². The highest BCUT2D eigenvalue weighted by Crippen LogP contribution is 2.19. The van der Waals surface area contributed by atoms with E-state index in [1.807, 2.05) is 0 Å². The van der Waals surface area contributed by atoms with E-state index in [1.54, 1.807) is 0 Å². The molecule has 0 bridgehead atoms. The molecular formula is C6H16N4O3. The van der Waals surface area contributed by atoms with Crippen LogP contribution in [0.25, 0.3) is 0 Å². The van der Waals surface area contributed by atoms with Crippen molar-refractivity contribution in [2.45, 2.75) is 36.8 Å². The number of hydrogen-bond donors (Lipinski definition) is 7. The first-order valence-electron chi connectivity index (χ1n) is 4.08. The third-order valence-electron chi connectivity index (χ3n) is 2.45. The standard InChI is InChI=1S/C6H16N4O3/c7-9-2-1-3(11)4(10-8)6(13)5(2)12/h2-6,9-13H,1,7-8H2. The third-order valence-corrected chi connectivity index (χ3v) is 2.45. The molecule has 1 rings (SSSR count). The lowest BCUT2D eigenvalue weighted by Crippen LogP contribution is -2.66. The zero-order valence-electron chi connectivity index (χ0n) is 7.09. The van der Waals surface area contributed by atoms with Crippen LogP contribution in [0.15, 0.2) is 0 Å². The Morgan fingerprint density at radius 2 is 1.62 bits per heavy atom. The van der Waals surface area contributed by atoms with E-state index in [0.717, 1.165) is 0 Å². The number of aliphatic hydroxyl groups is 3. The van der Waals surface area contributed by atoms with Gasteiger partial charge in [0.15, 0.2) is 0 Å². The molecule has 7 nitrogen and oxygen atoms in total. The maximum absolute atomic E-state index is 9.46. The van der Waals surface area contributed by atoms with Crippen LogP contribution in [0, 0.1) is 0 Å². The molecule has 0 amide bonds. The molecule has 0 aliphatic heterocycles. The van der Waals surface area contributed by atoms with Crippen molar-refractivity contribution in [3.8, 4) is 0 Å². The van der Waals surface area contributed by atoms with Crippen LogP contribution in [0.1, 0.15) is 6.42 Å². The highest BCUT2D eigenvalue weighted by molar-refractivity contribution is 4.98. The lowest BCUT2D eigenvalue weighted by Gasteiger charge is -2.39. The fourth-order valence-electron chi connectivity index (χ4n) is 1.60. The summed E-state index contributed by atoms with van der Waals surface area (Å²) in [6, 6.07) is -1.24. The topological polar surface area (TPSA) is 137 Å². The van der Waals surface area contributed by atoms with Gasteiger partial charge in [0.05, 0.1) is 24.3 Å². The Labute approximate surface area is 75.7 Å². The summed E-state index contributed by atoms with van der Waals surface area (Å²) in [6.45, 7) is 0. The Morgan fingerprint density at radius 1 is 1.00 bits per heavy atom. The first-order chi connectivity index (χ1) is 6.11. The fraction of sp³-hybridized carbons (Fsp3) is 1.00. The minimum absolute atomic E-state index is 0.240. The molecule has 5 unspecified atom stereocenters. The predicted molar refractivity (Wildman–Crippen MR) is 44.9 cm³/mol. The normalized spacial score (nSPS) is 46.4. The number of hydrogen-bond acceptors (Lipinski definition) is 7. The summed E-state index contributed by atoms with van der Waals surface area (Å²) in [5.41, 5.74) is 4.57. The Bertz CT molecular complexity index is 170. The molecule has 0 heterocycles. The number of nitrogens with two attached hydrogens (primary N) is 2. The zero-order valence-corrected chi connectivity index (χ0v) is 7.09. The fourth-order valence-corrected chi connectivity index (χ4v) is 1.60. The summed E-state index contributed by atoms with van der Waals surface area (Å²) < 4.78 is 0. The Morgan fingerprint density at radius 3 is 2.08 bits per heavy atom. The molecule has 7 heteroatoms. The molecule has 1 fully saturated rings. The van der Waals surface area contributed by atoms with Gasteiger partial charge in [-0.25, -0.2) is 0 Å². The van der Waals surface area contributed by atoms with Gasteiger partial charge in [-0.05, 0) is 6.42 Å². The molecule has 0 aromatic rings. The van der Waals surface area contributed by atoms with Crippen LogP contribution in [-0.2, 0) is 0 Å². The number of rotatable bonds is 2. The highest BCUT2D eigenvalue weighted by Gasteiger charge is 2.41. The molecule has 0 aromatic carbocycles. The zero-order chi connectivity index (χ0) is 10.0. The largest absolute Gasteiger partial charge is 0.391 e. The average Bonchev–Trinajstić information content (AvgIpc) is 2.12. The summed E-state index contributed by atoms with van der Waals surface area (Å²) in [7, 11) is 0. The molecular weight excluding hydrogens is 176 g/mol. The maximum atomic E-state index is 9.46. The smallest absolute Gasteiger partial charge is 0.101 e. The highest BCUT2D eigenvalue weighted by atomic mass is 16.3. The van der Waals surface area contributed by atoms with E-state index in [0.29, 0.717) is 0 Å². The molecule has 0 aromatic heterocycles. The Balaban J connectivity index is 2.66. The van der Waals surface area contributed by atoms with Gasteiger partial charge in [-0.15, -0.1) is 0 Å². The van der Waals surface area contributed by atoms with Gasteiger partial charge in [0, 0.05) is 0 Å². The summed E-state index contributed by atoms with van der Waals surface area (Å²) in [6.07, 6.45) is -2.75. The SMILES string of the molecule is NNC1CC(O)C(NN)C(O)C1O. The van der Waals surface area contributed by atoms with Gasteiger partial charge < -0.3 is 15.3 Å². The van der Waals surface area contributed by atoms with Gasteiger partial charge in [0.2, 0.25) is 0 Å². The van der Waals surface area contributed by atoms with E-state index in [1.165, 1.54) is 0 Å². The second kappa shape index (κ2) is 4.29. The average molecular weight is 192 g/mol. The van der Waals surface area contributed by atoms with Gasteiger partial charge in [-0.2, -0.15) is 0 Å². The molecule has 13 heavy (non-hydrogen) atoms. The molecule has 1 saturated carbocycles.